The van der Waals surface area contributed by atoms with Gasteiger partial charge in [-0.3, -0.25) is 4.98 Å². The van der Waals surface area contributed by atoms with Gasteiger partial charge in [0.15, 0.2) is 0 Å². The van der Waals surface area contributed by atoms with Gasteiger partial charge < -0.3 is 15.2 Å². The predicted octanol–water partition coefficient (Wildman–Crippen LogP) is 3.68. The highest BCUT2D eigenvalue weighted by molar-refractivity contribution is 5.34. The predicted molar refractivity (Wildman–Crippen MR) is 79.1 cm³/mol. The summed E-state index contributed by atoms with van der Waals surface area (Å²) < 4.78 is 11.2. The summed E-state index contributed by atoms with van der Waals surface area (Å²) in [6.07, 6.45) is 2.68. The lowest BCUT2D eigenvalue weighted by Gasteiger charge is -2.09. The summed E-state index contributed by atoms with van der Waals surface area (Å²) >= 11 is 0. The molecule has 20 heavy (non-hydrogen) atoms. The van der Waals surface area contributed by atoms with Crippen LogP contribution in [0.2, 0.25) is 0 Å². The van der Waals surface area contributed by atoms with Crippen LogP contribution in [-0.4, -0.2) is 11.6 Å². The molecule has 0 spiro atoms. The number of hydrogen-bond donors (Lipinski definition) is 1. The number of benzene rings is 1. The van der Waals surface area contributed by atoms with Crippen molar-refractivity contribution in [3.05, 3.63) is 48.3 Å². The highest BCUT2D eigenvalue weighted by Gasteiger charge is 2.02. The van der Waals surface area contributed by atoms with Gasteiger partial charge in [-0.25, -0.2) is 0 Å². The van der Waals surface area contributed by atoms with Crippen LogP contribution in [0.5, 0.6) is 17.2 Å². The Hall–Kier alpha value is -2.07. The molecule has 0 aliphatic rings. The van der Waals surface area contributed by atoms with Crippen molar-refractivity contribution in [3.8, 4) is 17.2 Å². The van der Waals surface area contributed by atoms with Crippen LogP contribution in [0.25, 0.3) is 0 Å². The molecule has 106 valence electrons. The van der Waals surface area contributed by atoms with Gasteiger partial charge in [0.05, 0.1) is 18.5 Å². The van der Waals surface area contributed by atoms with Crippen molar-refractivity contribution in [1.82, 2.24) is 4.98 Å². The second kappa shape index (κ2) is 6.91. The maximum atomic E-state index is 5.76. The molecule has 0 bridgehead atoms. The van der Waals surface area contributed by atoms with Crippen LogP contribution in [0.4, 0.5) is 0 Å². The maximum Gasteiger partial charge on any atom is 0.145 e. The van der Waals surface area contributed by atoms with Gasteiger partial charge in [-0.15, -0.1) is 0 Å². The summed E-state index contributed by atoms with van der Waals surface area (Å²) in [5.74, 6) is 2.30. The van der Waals surface area contributed by atoms with Gasteiger partial charge in [0.1, 0.15) is 17.2 Å². The number of nitrogens with zero attached hydrogens (tertiary/aromatic N) is 1. The van der Waals surface area contributed by atoms with Gasteiger partial charge in [-0.1, -0.05) is 6.92 Å². The molecule has 1 aromatic carbocycles. The van der Waals surface area contributed by atoms with Crippen LogP contribution >= 0.6 is 0 Å². The fourth-order valence-corrected chi connectivity index (χ4v) is 1.68. The lowest BCUT2D eigenvalue weighted by atomic mass is 10.2. The third-order valence-corrected chi connectivity index (χ3v) is 2.76. The SMILES string of the molecule is CCCOc1ccc(Oc2ccc(C(C)N)nc2)cc1. The molecule has 0 amide bonds. The van der Waals surface area contributed by atoms with Crippen LogP contribution in [0.3, 0.4) is 0 Å². The zero-order chi connectivity index (χ0) is 14.4. The molecular formula is C16H20N2O2. The molecule has 4 nitrogen and oxygen atoms in total. The van der Waals surface area contributed by atoms with Crippen molar-refractivity contribution in [3.63, 3.8) is 0 Å². The number of ether oxygens (including phenoxy) is 2. The maximum absolute atomic E-state index is 5.76. The van der Waals surface area contributed by atoms with E-state index < -0.39 is 0 Å². The summed E-state index contributed by atoms with van der Waals surface area (Å²) in [5.41, 5.74) is 6.60. The van der Waals surface area contributed by atoms with E-state index in [1.165, 1.54) is 0 Å². The summed E-state index contributed by atoms with van der Waals surface area (Å²) in [5, 5.41) is 0. The van der Waals surface area contributed by atoms with Crippen LogP contribution in [-0.2, 0) is 0 Å². The lowest BCUT2D eigenvalue weighted by molar-refractivity contribution is 0.317. The molecule has 1 aromatic heterocycles. The molecule has 0 saturated heterocycles. The molecule has 0 fully saturated rings. The second-order valence-electron chi connectivity index (χ2n) is 4.63. The van der Waals surface area contributed by atoms with Gasteiger partial charge in [0.25, 0.3) is 0 Å². The van der Waals surface area contributed by atoms with Crippen LogP contribution in [0.1, 0.15) is 32.0 Å². The number of rotatable bonds is 6. The standard InChI is InChI=1S/C16H20N2O2/c1-3-10-19-13-4-6-14(7-5-13)20-15-8-9-16(12(2)17)18-11-15/h4-9,11-12H,3,10,17H2,1-2H3. The van der Waals surface area contributed by atoms with Crippen molar-refractivity contribution in [1.29, 1.82) is 0 Å². The Morgan fingerprint density at radius 1 is 1.05 bits per heavy atom. The number of nitrogens with two attached hydrogens (primary N) is 1. The first kappa shape index (κ1) is 14.3. The smallest absolute Gasteiger partial charge is 0.145 e. The molecule has 2 aromatic rings. The first-order valence-electron chi connectivity index (χ1n) is 6.81. The second-order valence-corrected chi connectivity index (χ2v) is 4.63. The minimum atomic E-state index is -0.0703. The van der Waals surface area contributed by atoms with E-state index in [1.807, 2.05) is 43.3 Å². The van der Waals surface area contributed by atoms with Gasteiger partial charge in [0, 0.05) is 6.04 Å². The summed E-state index contributed by atoms with van der Waals surface area (Å²) in [6.45, 7) is 4.71. The molecule has 0 aliphatic heterocycles. The highest BCUT2D eigenvalue weighted by Crippen LogP contribution is 2.24. The Bertz CT molecular complexity index is 521. The average Bonchev–Trinajstić information content (AvgIpc) is 2.47. The average molecular weight is 272 g/mol. The molecule has 0 radical (unpaired) electrons. The third kappa shape index (κ3) is 3.96. The molecule has 2 rings (SSSR count). The molecule has 1 unspecified atom stereocenters. The summed E-state index contributed by atoms with van der Waals surface area (Å²) in [7, 11) is 0. The van der Waals surface area contributed by atoms with Gasteiger partial charge in [0.2, 0.25) is 0 Å². The van der Waals surface area contributed by atoms with E-state index >= 15 is 0 Å². The van der Waals surface area contributed by atoms with Crippen molar-refractivity contribution >= 4 is 0 Å². The fourth-order valence-electron chi connectivity index (χ4n) is 1.68. The van der Waals surface area contributed by atoms with E-state index in [0.717, 1.165) is 30.2 Å². The van der Waals surface area contributed by atoms with E-state index in [0.29, 0.717) is 5.75 Å². The van der Waals surface area contributed by atoms with Crippen molar-refractivity contribution < 1.29 is 9.47 Å². The third-order valence-electron chi connectivity index (χ3n) is 2.76. The molecule has 4 heteroatoms. The molecular weight excluding hydrogens is 252 g/mol. The van der Waals surface area contributed by atoms with E-state index in [2.05, 4.69) is 11.9 Å². The minimum absolute atomic E-state index is 0.0703. The molecule has 0 saturated carbocycles. The van der Waals surface area contributed by atoms with Crippen molar-refractivity contribution in [2.45, 2.75) is 26.3 Å². The van der Waals surface area contributed by atoms with Crippen molar-refractivity contribution in [2.75, 3.05) is 6.61 Å². The molecule has 0 aliphatic carbocycles. The lowest BCUT2D eigenvalue weighted by Crippen LogP contribution is -2.06. The van der Waals surface area contributed by atoms with Crippen LogP contribution in [0, 0.1) is 0 Å². The topological polar surface area (TPSA) is 57.4 Å². The van der Waals surface area contributed by atoms with E-state index in [-0.39, 0.29) is 6.04 Å². The Kier molecular flexibility index (Phi) is 4.96. The molecule has 1 atom stereocenters. The first-order valence-corrected chi connectivity index (χ1v) is 6.81. The highest BCUT2D eigenvalue weighted by atomic mass is 16.5. The number of hydrogen-bond acceptors (Lipinski definition) is 4. The number of pyridine rings is 1. The Morgan fingerprint density at radius 2 is 1.70 bits per heavy atom. The van der Waals surface area contributed by atoms with Gasteiger partial charge in [-0.2, -0.15) is 0 Å². The van der Waals surface area contributed by atoms with E-state index in [9.17, 15) is 0 Å². The number of aromatic nitrogens is 1. The van der Waals surface area contributed by atoms with Gasteiger partial charge in [-0.05, 0) is 49.7 Å². The van der Waals surface area contributed by atoms with E-state index in [1.54, 1.807) is 6.20 Å². The normalized spacial score (nSPS) is 11.9. The molecule has 1 heterocycles. The zero-order valence-electron chi connectivity index (χ0n) is 11.9. The minimum Gasteiger partial charge on any atom is -0.494 e. The summed E-state index contributed by atoms with van der Waals surface area (Å²) in [4.78, 5) is 4.26. The summed E-state index contributed by atoms with van der Waals surface area (Å²) in [6, 6.07) is 11.2. The first-order chi connectivity index (χ1) is 9.69. The van der Waals surface area contributed by atoms with E-state index in [4.69, 9.17) is 15.2 Å². The van der Waals surface area contributed by atoms with Crippen LogP contribution < -0.4 is 15.2 Å². The van der Waals surface area contributed by atoms with Gasteiger partial charge >= 0.3 is 0 Å². The Morgan fingerprint density at radius 3 is 2.25 bits per heavy atom. The quantitative estimate of drug-likeness (QED) is 0.871. The van der Waals surface area contributed by atoms with Crippen LogP contribution in [0.15, 0.2) is 42.6 Å². The fraction of sp³-hybridized carbons (Fsp3) is 0.312. The largest absolute Gasteiger partial charge is 0.494 e. The zero-order valence-corrected chi connectivity index (χ0v) is 11.9. The van der Waals surface area contributed by atoms with Crippen molar-refractivity contribution in [2.24, 2.45) is 5.73 Å². The Labute approximate surface area is 119 Å². The monoisotopic (exact) mass is 272 g/mol. The molecule has 2 N–H and O–H groups in total. The Balaban J connectivity index is 1.98.